The SMILES string of the molecule is CC(C(=O)O)c1ccc(CC2CCC/C2=N/O)cc1. The molecule has 4 heteroatoms. The van der Waals surface area contributed by atoms with Crippen LogP contribution >= 0.6 is 0 Å². The van der Waals surface area contributed by atoms with E-state index in [-0.39, 0.29) is 0 Å². The molecule has 2 N–H and O–H groups in total. The minimum Gasteiger partial charge on any atom is -0.481 e. The van der Waals surface area contributed by atoms with Gasteiger partial charge in [0.2, 0.25) is 0 Å². The molecule has 1 saturated carbocycles. The van der Waals surface area contributed by atoms with Gasteiger partial charge in [-0.1, -0.05) is 29.4 Å². The Balaban J connectivity index is 2.05. The third-order valence-electron chi connectivity index (χ3n) is 3.92. The molecule has 0 bridgehead atoms. The molecule has 0 aliphatic heterocycles. The Hall–Kier alpha value is -1.84. The highest BCUT2D eigenvalue weighted by molar-refractivity contribution is 5.88. The van der Waals surface area contributed by atoms with Gasteiger partial charge in [-0.3, -0.25) is 4.79 Å². The van der Waals surface area contributed by atoms with Crippen LogP contribution in [0.2, 0.25) is 0 Å². The summed E-state index contributed by atoms with van der Waals surface area (Å²) in [5.41, 5.74) is 2.87. The molecule has 0 amide bonds. The fourth-order valence-electron chi connectivity index (χ4n) is 2.62. The summed E-state index contributed by atoms with van der Waals surface area (Å²) < 4.78 is 0. The standard InChI is InChI=1S/C15H19NO3/c1-10(15(17)18)12-7-5-11(6-8-12)9-13-3-2-4-14(13)16-19/h5-8,10,13,19H,2-4,9H2,1H3,(H,17,18)/b16-14-. The molecule has 102 valence electrons. The van der Waals surface area contributed by atoms with Gasteiger partial charge in [-0.25, -0.2) is 0 Å². The van der Waals surface area contributed by atoms with Gasteiger partial charge in [-0.05, 0) is 43.7 Å². The Morgan fingerprint density at radius 2 is 2.11 bits per heavy atom. The van der Waals surface area contributed by atoms with Crippen molar-refractivity contribution in [3.8, 4) is 0 Å². The number of carboxylic acids is 1. The Morgan fingerprint density at radius 3 is 2.68 bits per heavy atom. The molecule has 2 atom stereocenters. The van der Waals surface area contributed by atoms with E-state index < -0.39 is 11.9 Å². The fourth-order valence-corrected chi connectivity index (χ4v) is 2.62. The monoisotopic (exact) mass is 261 g/mol. The van der Waals surface area contributed by atoms with Crippen molar-refractivity contribution in [3.63, 3.8) is 0 Å². The van der Waals surface area contributed by atoms with Crippen molar-refractivity contribution in [3.05, 3.63) is 35.4 Å². The second-order valence-electron chi connectivity index (χ2n) is 5.19. The van der Waals surface area contributed by atoms with Gasteiger partial charge < -0.3 is 10.3 Å². The van der Waals surface area contributed by atoms with Crippen molar-refractivity contribution in [1.29, 1.82) is 0 Å². The highest BCUT2D eigenvalue weighted by atomic mass is 16.4. The lowest BCUT2D eigenvalue weighted by atomic mass is 9.94. The maximum Gasteiger partial charge on any atom is 0.310 e. The Bertz CT molecular complexity index is 479. The van der Waals surface area contributed by atoms with E-state index in [1.54, 1.807) is 6.92 Å². The number of carboxylic acid groups (broad SMARTS) is 1. The molecule has 0 spiro atoms. The average Bonchev–Trinajstić information content (AvgIpc) is 2.86. The molecular weight excluding hydrogens is 242 g/mol. The number of hydrogen-bond acceptors (Lipinski definition) is 3. The van der Waals surface area contributed by atoms with E-state index in [1.165, 1.54) is 0 Å². The maximum atomic E-state index is 10.9. The molecule has 1 aliphatic rings. The lowest BCUT2D eigenvalue weighted by Crippen LogP contribution is -2.11. The van der Waals surface area contributed by atoms with Crippen molar-refractivity contribution >= 4 is 11.7 Å². The van der Waals surface area contributed by atoms with Crippen molar-refractivity contribution in [2.75, 3.05) is 0 Å². The van der Waals surface area contributed by atoms with E-state index in [0.717, 1.165) is 42.5 Å². The molecule has 0 radical (unpaired) electrons. The lowest BCUT2D eigenvalue weighted by molar-refractivity contribution is -0.138. The number of nitrogens with zero attached hydrogens (tertiary/aromatic N) is 1. The Labute approximate surface area is 112 Å². The largest absolute Gasteiger partial charge is 0.481 e. The first-order chi connectivity index (χ1) is 9.11. The third-order valence-corrected chi connectivity index (χ3v) is 3.92. The zero-order valence-corrected chi connectivity index (χ0v) is 11.0. The second kappa shape index (κ2) is 5.87. The molecule has 1 fully saturated rings. The first-order valence-electron chi connectivity index (χ1n) is 6.64. The minimum atomic E-state index is -0.807. The van der Waals surface area contributed by atoms with Crippen molar-refractivity contribution in [1.82, 2.24) is 0 Å². The number of benzene rings is 1. The molecule has 2 rings (SSSR count). The highest BCUT2D eigenvalue weighted by Gasteiger charge is 2.23. The predicted molar refractivity (Wildman–Crippen MR) is 72.8 cm³/mol. The Morgan fingerprint density at radius 1 is 1.42 bits per heavy atom. The van der Waals surface area contributed by atoms with E-state index in [2.05, 4.69) is 5.16 Å². The van der Waals surface area contributed by atoms with Gasteiger partial charge in [-0.2, -0.15) is 0 Å². The molecule has 0 heterocycles. The van der Waals surface area contributed by atoms with E-state index in [1.807, 2.05) is 24.3 Å². The number of oxime groups is 1. The summed E-state index contributed by atoms with van der Waals surface area (Å²) in [7, 11) is 0. The van der Waals surface area contributed by atoms with Crippen LogP contribution in [-0.4, -0.2) is 22.0 Å². The Kier molecular flexibility index (Phi) is 4.20. The smallest absolute Gasteiger partial charge is 0.310 e. The second-order valence-corrected chi connectivity index (χ2v) is 5.19. The maximum absolute atomic E-state index is 10.9. The van der Waals surface area contributed by atoms with Gasteiger partial charge in [0.1, 0.15) is 0 Å². The van der Waals surface area contributed by atoms with Gasteiger partial charge in [-0.15, -0.1) is 0 Å². The fraction of sp³-hybridized carbons (Fsp3) is 0.467. The molecule has 2 unspecified atom stereocenters. The number of aliphatic carboxylic acids is 1. The zero-order valence-electron chi connectivity index (χ0n) is 11.0. The summed E-state index contributed by atoms with van der Waals surface area (Å²) in [6.45, 7) is 1.69. The van der Waals surface area contributed by atoms with E-state index in [4.69, 9.17) is 10.3 Å². The molecule has 0 aromatic heterocycles. The molecule has 19 heavy (non-hydrogen) atoms. The van der Waals surface area contributed by atoms with Gasteiger partial charge in [0.25, 0.3) is 0 Å². The van der Waals surface area contributed by atoms with Crippen LogP contribution < -0.4 is 0 Å². The third kappa shape index (κ3) is 3.13. The van der Waals surface area contributed by atoms with Crippen LogP contribution in [0.1, 0.15) is 43.2 Å². The summed E-state index contributed by atoms with van der Waals surface area (Å²) >= 11 is 0. The van der Waals surface area contributed by atoms with E-state index in [0.29, 0.717) is 5.92 Å². The number of hydrogen-bond donors (Lipinski definition) is 2. The number of rotatable bonds is 4. The molecular formula is C15H19NO3. The van der Waals surface area contributed by atoms with Crippen LogP contribution in [0.4, 0.5) is 0 Å². The normalized spacial score (nSPS) is 22.6. The summed E-state index contributed by atoms with van der Waals surface area (Å²) in [6.07, 6.45) is 3.89. The van der Waals surface area contributed by atoms with Crippen molar-refractivity contribution in [2.45, 2.75) is 38.5 Å². The minimum absolute atomic E-state index is 0.327. The topological polar surface area (TPSA) is 69.9 Å². The van der Waals surface area contributed by atoms with Gasteiger partial charge in [0.15, 0.2) is 0 Å². The van der Waals surface area contributed by atoms with Crippen LogP contribution in [0.25, 0.3) is 0 Å². The van der Waals surface area contributed by atoms with Crippen LogP contribution in [0.15, 0.2) is 29.4 Å². The van der Waals surface area contributed by atoms with Gasteiger partial charge in [0, 0.05) is 5.92 Å². The van der Waals surface area contributed by atoms with Gasteiger partial charge >= 0.3 is 5.97 Å². The molecule has 4 nitrogen and oxygen atoms in total. The predicted octanol–water partition coefficient (Wildman–Crippen LogP) is 3.05. The van der Waals surface area contributed by atoms with E-state index in [9.17, 15) is 4.79 Å². The van der Waals surface area contributed by atoms with E-state index >= 15 is 0 Å². The van der Waals surface area contributed by atoms with Crippen LogP contribution in [-0.2, 0) is 11.2 Å². The summed E-state index contributed by atoms with van der Waals surface area (Å²) in [6, 6.07) is 7.70. The van der Waals surface area contributed by atoms with Crippen LogP contribution in [0, 0.1) is 5.92 Å². The molecule has 1 aromatic carbocycles. The van der Waals surface area contributed by atoms with Crippen LogP contribution in [0.3, 0.4) is 0 Å². The quantitative estimate of drug-likeness (QED) is 0.646. The summed E-state index contributed by atoms with van der Waals surface area (Å²) in [5.74, 6) is -0.957. The van der Waals surface area contributed by atoms with Crippen molar-refractivity contribution < 1.29 is 15.1 Å². The highest BCUT2D eigenvalue weighted by Crippen LogP contribution is 2.26. The van der Waals surface area contributed by atoms with Crippen LogP contribution in [0.5, 0.6) is 0 Å². The molecule has 1 aromatic rings. The van der Waals surface area contributed by atoms with Crippen molar-refractivity contribution in [2.24, 2.45) is 11.1 Å². The summed E-state index contributed by atoms with van der Waals surface area (Å²) in [5, 5.41) is 21.2. The molecule has 0 saturated heterocycles. The average molecular weight is 261 g/mol. The van der Waals surface area contributed by atoms with Gasteiger partial charge in [0.05, 0.1) is 11.6 Å². The lowest BCUT2D eigenvalue weighted by Gasteiger charge is -2.11. The first kappa shape index (κ1) is 13.6. The summed E-state index contributed by atoms with van der Waals surface area (Å²) in [4.78, 5) is 10.9. The first-order valence-corrected chi connectivity index (χ1v) is 6.64. The zero-order chi connectivity index (χ0) is 13.8. The number of carbonyl (C=O) groups is 1. The molecule has 1 aliphatic carbocycles.